The lowest BCUT2D eigenvalue weighted by molar-refractivity contribution is 0.188. The monoisotopic (exact) mass is 242 g/mol. The molecule has 1 rings (SSSR count). The first kappa shape index (κ1) is 14.3. The Kier molecular flexibility index (Phi) is 6.29. The third-order valence-corrected chi connectivity index (χ3v) is 3.55. The van der Waals surface area contributed by atoms with Gasteiger partial charge < -0.3 is 21.2 Å². The van der Waals surface area contributed by atoms with Crippen molar-refractivity contribution >= 4 is 5.84 Å². The number of piperidine rings is 1. The Morgan fingerprint density at radius 1 is 1.53 bits per heavy atom. The van der Waals surface area contributed by atoms with E-state index in [0.717, 1.165) is 12.5 Å². The molecule has 0 spiro atoms. The van der Waals surface area contributed by atoms with Gasteiger partial charge in [0, 0.05) is 12.5 Å². The van der Waals surface area contributed by atoms with Gasteiger partial charge in [-0.25, -0.2) is 0 Å². The number of nitrogens with zero attached hydrogens (tertiary/aromatic N) is 2. The molecule has 1 heterocycles. The molecule has 1 unspecified atom stereocenters. The van der Waals surface area contributed by atoms with Gasteiger partial charge in [-0.15, -0.1) is 0 Å². The van der Waals surface area contributed by atoms with Crippen LogP contribution in [0.3, 0.4) is 0 Å². The molecule has 1 aliphatic heterocycles. The van der Waals surface area contributed by atoms with E-state index >= 15 is 0 Å². The second kappa shape index (κ2) is 7.50. The van der Waals surface area contributed by atoms with Crippen LogP contribution in [0.25, 0.3) is 0 Å². The molecule has 4 N–H and O–H groups in total. The highest BCUT2D eigenvalue weighted by atomic mass is 16.4. The standard InChI is InChI=1S/C12H26N4O/c1-3-16-6-4-11(5-7-16)9-14-10(2)8-12(13)15-17/h10-11,14,17H,3-9H2,1-2H3,(H2,13,15). The van der Waals surface area contributed by atoms with E-state index in [1.807, 2.05) is 0 Å². The summed E-state index contributed by atoms with van der Waals surface area (Å²) in [5.74, 6) is 1.07. The van der Waals surface area contributed by atoms with Crippen LogP contribution < -0.4 is 11.1 Å². The maximum Gasteiger partial charge on any atom is 0.140 e. The van der Waals surface area contributed by atoms with Crippen LogP contribution in [-0.4, -0.2) is 48.2 Å². The van der Waals surface area contributed by atoms with Crippen LogP contribution >= 0.6 is 0 Å². The number of nitrogens with one attached hydrogen (secondary N) is 1. The lowest BCUT2D eigenvalue weighted by atomic mass is 9.96. The zero-order valence-corrected chi connectivity index (χ0v) is 11.0. The minimum Gasteiger partial charge on any atom is -0.409 e. The Hall–Kier alpha value is -0.810. The Morgan fingerprint density at radius 2 is 2.18 bits per heavy atom. The maximum atomic E-state index is 8.49. The average Bonchev–Trinajstić information content (AvgIpc) is 2.36. The molecule has 5 nitrogen and oxygen atoms in total. The number of hydrogen-bond donors (Lipinski definition) is 3. The van der Waals surface area contributed by atoms with Crippen molar-refractivity contribution in [3.63, 3.8) is 0 Å². The molecule has 0 saturated carbocycles. The van der Waals surface area contributed by atoms with E-state index < -0.39 is 0 Å². The number of rotatable bonds is 6. The summed E-state index contributed by atoms with van der Waals surface area (Å²) in [5.41, 5.74) is 5.47. The summed E-state index contributed by atoms with van der Waals surface area (Å²) in [6.07, 6.45) is 3.15. The van der Waals surface area contributed by atoms with Crippen LogP contribution in [0.2, 0.25) is 0 Å². The van der Waals surface area contributed by atoms with Crippen molar-refractivity contribution in [3.05, 3.63) is 0 Å². The van der Waals surface area contributed by atoms with E-state index in [-0.39, 0.29) is 6.04 Å². The largest absolute Gasteiger partial charge is 0.409 e. The van der Waals surface area contributed by atoms with E-state index in [9.17, 15) is 0 Å². The zero-order valence-electron chi connectivity index (χ0n) is 11.0. The molecule has 0 aromatic rings. The summed E-state index contributed by atoms with van der Waals surface area (Å²) in [6, 6.07) is 0.273. The molecule has 0 bridgehead atoms. The Balaban J connectivity index is 2.14. The molecule has 5 heteroatoms. The first-order valence-corrected chi connectivity index (χ1v) is 6.57. The quantitative estimate of drug-likeness (QED) is 0.279. The van der Waals surface area contributed by atoms with Gasteiger partial charge in [0.25, 0.3) is 0 Å². The summed E-state index contributed by atoms with van der Waals surface area (Å²) in [7, 11) is 0. The van der Waals surface area contributed by atoms with E-state index in [1.165, 1.54) is 32.5 Å². The van der Waals surface area contributed by atoms with Gasteiger partial charge in [-0.2, -0.15) is 0 Å². The topological polar surface area (TPSA) is 73.9 Å². The van der Waals surface area contributed by atoms with E-state index in [4.69, 9.17) is 10.9 Å². The molecule has 0 aromatic carbocycles. The van der Waals surface area contributed by atoms with Gasteiger partial charge in [0.05, 0.1) is 0 Å². The lowest BCUT2D eigenvalue weighted by Gasteiger charge is -2.31. The lowest BCUT2D eigenvalue weighted by Crippen LogP contribution is -2.40. The van der Waals surface area contributed by atoms with E-state index in [0.29, 0.717) is 12.3 Å². The highest BCUT2D eigenvalue weighted by Gasteiger charge is 2.18. The smallest absolute Gasteiger partial charge is 0.140 e. The predicted octanol–water partition coefficient (Wildman–Crippen LogP) is 0.833. The minimum atomic E-state index is 0.273. The highest BCUT2D eigenvalue weighted by molar-refractivity contribution is 5.80. The number of hydrogen-bond acceptors (Lipinski definition) is 4. The summed E-state index contributed by atoms with van der Waals surface area (Å²) in [5, 5.41) is 14.9. The molecular formula is C12H26N4O. The second-order valence-electron chi connectivity index (χ2n) is 4.98. The molecule has 1 aliphatic rings. The minimum absolute atomic E-state index is 0.273. The maximum absolute atomic E-state index is 8.49. The van der Waals surface area contributed by atoms with Crippen molar-refractivity contribution in [1.82, 2.24) is 10.2 Å². The highest BCUT2D eigenvalue weighted by Crippen LogP contribution is 2.16. The van der Waals surface area contributed by atoms with Crippen LogP contribution in [0.5, 0.6) is 0 Å². The number of nitrogens with two attached hydrogens (primary N) is 1. The van der Waals surface area contributed by atoms with Crippen molar-refractivity contribution < 1.29 is 5.21 Å². The molecule has 0 aliphatic carbocycles. The summed E-state index contributed by atoms with van der Waals surface area (Å²) in [4.78, 5) is 2.50. The summed E-state index contributed by atoms with van der Waals surface area (Å²) >= 11 is 0. The summed E-state index contributed by atoms with van der Waals surface area (Å²) in [6.45, 7) is 8.93. The molecular weight excluding hydrogens is 216 g/mol. The van der Waals surface area contributed by atoms with E-state index in [1.54, 1.807) is 0 Å². The number of likely N-dealkylation sites (tertiary alicyclic amines) is 1. The molecule has 0 amide bonds. The molecule has 1 atom stereocenters. The van der Waals surface area contributed by atoms with Crippen LogP contribution in [0.1, 0.15) is 33.1 Å². The van der Waals surface area contributed by atoms with Crippen molar-refractivity contribution in [2.45, 2.75) is 39.2 Å². The normalized spacial score (nSPS) is 21.6. The SMILES string of the molecule is CCN1CCC(CNC(C)CC(N)=NO)CC1. The Morgan fingerprint density at radius 3 is 2.71 bits per heavy atom. The predicted molar refractivity (Wildman–Crippen MR) is 70.3 cm³/mol. The molecule has 0 radical (unpaired) electrons. The van der Waals surface area contributed by atoms with Gasteiger partial charge in [-0.05, 0) is 51.9 Å². The van der Waals surface area contributed by atoms with Gasteiger partial charge in [0.15, 0.2) is 0 Å². The van der Waals surface area contributed by atoms with Crippen LogP contribution in [0.15, 0.2) is 5.16 Å². The van der Waals surface area contributed by atoms with Gasteiger partial charge >= 0.3 is 0 Å². The third-order valence-electron chi connectivity index (χ3n) is 3.55. The van der Waals surface area contributed by atoms with Crippen LogP contribution in [0.4, 0.5) is 0 Å². The molecule has 1 saturated heterocycles. The zero-order chi connectivity index (χ0) is 12.7. The van der Waals surface area contributed by atoms with E-state index in [2.05, 4.69) is 29.2 Å². The van der Waals surface area contributed by atoms with Gasteiger partial charge in [-0.3, -0.25) is 0 Å². The fraction of sp³-hybridized carbons (Fsp3) is 0.917. The van der Waals surface area contributed by atoms with Crippen molar-refractivity contribution in [2.24, 2.45) is 16.8 Å². The van der Waals surface area contributed by atoms with Crippen molar-refractivity contribution in [1.29, 1.82) is 0 Å². The van der Waals surface area contributed by atoms with Gasteiger partial charge in [-0.1, -0.05) is 12.1 Å². The first-order valence-electron chi connectivity index (χ1n) is 6.57. The Bertz CT molecular complexity index is 237. The first-order chi connectivity index (χ1) is 8.15. The van der Waals surface area contributed by atoms with Gasteiger partial charge in [0.1, 0.15) is 5.84 Å². The fourth-order valence-electron chi connectivity index (χ4n) is 2.30. The molecule has 100 valence electrons. The van der Waals surface area contributed by atoms with Crippen LogP contribution in [0, 0.1) is 5.92 Å². The second-order valence-corrected chi connectivity index (χ2v) is 4.98. The van der Waals surface area contributed by atoms with Crippen molar-refractivity contribution in [3.8, 4) is 0 Å². The third kappa shape index (κ3) is 5.37. The summed E-state index contributed by atoms with van der Waals surface area (Å²) < 4.78 is 0. The molecule has 0 aromatic heterocycles. The molecule has 17 heavy (non-hydrogen) atoms. The Labute approximate surface area is 104 Å². The van der Waals surface area contributed by atoms with Crippen molar-refractivity contribution in [2.75, 3.05) is 26.2 Å². The van der Waals surface area contributed by atoms with Gasteiger partial charge in [0.2, 0.25) is 0 Å². The number of oxime groups is 1. The van der Waals surface area contributed by atoms with Crippen LogP contribution in [-0.2, 0) is 0 Å². The average molecular weight is 242 g/mol. The fourth-order valence-corrected chi connectivity index (χ4v) is 2.30. The number of amidine groups is 1. The molecule has 1 fully saturated rings.